The van der Waals surface area contributed by atoms with Crippen molar-refractivity contribution in [3.63, 3.8) is 0 Å². The lowest BCUT2D eigenvalue weighted by atomic mass is 9.73. The maximum absolute atomic E-state index is 4.98. The fourth-order valence-electron chi connectivity index (χ4n) is 3.11. The smallest absolute Gasteiger partial charge is 0.0962 e. The Morgan fingerprint density at radius 1 is 1.29 bits per heavy atom. The van der Waals surface area contributed by atoms with Crippen molar-refractivity contribution in [3.05, 3.63) is 15.6 Å². The molecule has 1 heterocycles. The van der Waals surface area contributed by atoms with E-state index >= 15 is 0 Å². The minimum absolute atomic E-state index is 0.545. The Kier molecular flexibility index (Phi) is 5.84. The number of aryl methyl sites for hydroxylation is 1. The monoisotopic (exact) mass is 308 g/mol. The van der Waals surface area contributed by atoms with E-state index in [1.807, 2.05) is 11.3 Å². The molecule has 1 aromatic rings. The van der Waals surface area contributed by atoms with Crippen LogP contribution in [0.5, 0.6) is 0 Å². The molecule has 21 heavy (non-hydrogen) atoms. The average molecular weight is 309 g/mol. The number of aromatic nitrogens is 1. The van der Waals surface area contributed by atoms with Crippen molar-refractivity contribution in [3.8, 4) is 0 Å². The van der Waals surface area contributed by atoms with E-state index in [1.165, 1.54) is 41.3 Å². The minimum atomic E-state index is 0.545. The lowest BCUT2D eigenvalue weighted by Crippen LogP contribution is -2.20. The number of hydrogen-bond donors (Lipinski definition) is 1. The number of rotatable bonds is 6. The Hall–Kier alpha value is -0.410. The molecule has 1 aromatic heterocycles. The molecule has 0 aromatic carbocycles. The van der Waals surface area contributed by atoms with Crippen LogP contribution in [0.2, 0.25) is 0 Å². The number of nitrogens with zero attached hydrogens (tertiary/aromatic N) is 1. The van der Waals surface area contributed by atoms with Gasteiger partial charge in [-0.2, -0.15) is 0 Å². The van der Waals surface area contributed by atoms with Gasteiger partial charge in [0.05, 0.1) is 10.7 Å². The van der Waals surface area contributed by atoms with Gasteiger partial charge in [0.25, 0.3) is 0 Å². The zero-order valence-electron chi connectivity index (χ0n) is 14.5. The first kappa shape index (κ1) is 17.0. The van der Waals surface area contributed by atoms with Crippen LogP contribution in [-0.2, 0) is 13.0 Å². The van der Waals surface area contributed by atoms with E-state index in [1.54, 1.807) is 0 Å². The third kappa shape index (κ3) is 4.79. The van der Waals surface area contributed by atoms with Crippen molar-refractivity contribution in [1.29, 1.82) is 0 Å². The van der Waals surface area contributed by atoms with Gasteiger partial charge in [-0.15, -0.1) is 11.3 Å². The van der Waals surface area contributed by atoms with Crippen LogP contribution in [0.4, 0.5) is 0 Å². The van der Waals surface area contributed by atoms with Crippen LogP contribution >= 0.6 is 11.3 Å². The standard InChI is InChI=1S/C18H32N2S/c1-6-15-16(12-19-11-13(2)3)21-17(20-15)14-7-9-18(4,5)10-8-14/h13-14,19H,6-12H2,1-5H3. The van der Waals surface area contributed by atoms with Crippen LogP contribution in [-0.4, -0.2) is 11.5 Å². The zero-order valence-corrected chi connectivity index (χ0v) is 15.3. The van der Waals surface area contributed by atoms with E-state index in [4.69, 9.17) is 4.98 Å². The first-order valence-corrected chi connectivity index (χ1v) is 9.42. The second kappa shape index (κ2) is 7.23. The third-order valence-electron chi connectivity index (χ3n) is 4.66. The summed E-state index contributed by atoms with van der Waals surface area (Å²) in [5.41, 5.74) is 1.87. The third-order valence-corrected chi connectivity index (χ3v) is 5.92. The van der Waals surface area contributed by atoms with E-state index in [-0.39, 0.29) is 0 Å². The summed E-state index contributed by atoms with van der Waals surface area (Å²) >= 11 is 1.97. The molecule has 120 valence electrons. The van der Waals surface area contributed by atoms with Gasteiger partial charge in [0.2, 0.25) is 0 Å². The Morgan fingerprint density at radius 3 is 2.52 bits per heavy atom. The summed E-state index contributed by atoms with van der Waals surface area (Å²) < 4.78 is 0. The van der Waals surface area contributed by atoms with Crippen molar-refractivity contribution < 1.29 is 0 Å². The molecule has 0 atom stereocenters. The van der Waals surface area contributed by atoms with Crippen LogP contribution in [0, 0.1) is 11.3 Å². The van der Waals surface area contributed by atoms with Crippen molar-refractivity contribution in [1.82, 2.24) is 10.3 Å². The summed E-state index contributed by atoms with van der Waals surface area (Å²) in [5, 5.41) is 4.98. The summed E-state index contributed by atoms with van der Waals surface area (Å²) in [5.74, 6) is 1.43. The molecule has 0 amide bonds. The van der Waals surface area contributed by atoms with Gasteiger partial charge in [-0.3, -0.25) is 0 Å². The molecule has 2 rings (SSSR count). The fraction of sp³-hybridized carbons (Fsp3) is 0.833. The van der Waals surface area contributed by atoms with Crippen LogP contribution < -0.4 is 5.32 Å². The first-order valence-electron chi connectivity index (χ1n) is 8.60. The van der Waals surface area contributed by atoms with Gasteiger partial charge in [0.1, 0.15) is 0 Å². The van der Waals surface area contributed by atoms with Crippen LogP contribution in [0.25, 0.3) is 0 Å². The predicted molar refractivity (Wildman–Crippen MR) is 93.0 cm³/mol. The zero-order chi connectivity index (χ0) is 15.5. The van der Waals surface area contributed by atoms with Gasteiger partial charge in [0, 0.05) is 17.3 Å². The van der Waals surface area contributed by atoms with E-state index in [2.05, 4.69) is 39.9 Å². The molecule has 0 saturated heterocycles. The Bertz CT molecular complexity index is 438. The van der Waals surface area contributed by atoms with E-state index in [0.29, 0.717) is 17.3 Å². The van der Waals surface area contributed by atoms with Gasteiger partial charge in [-0.1, -0.05) is 34.6 Å². The molecule has 1 aliphatic rings. The van der Waals surface area contributed by atoms with Crippen LogP contribution in [0.15, 0.2) is 0 Å². The molecule has 0 unspecified atom stereocenters. The van der Waals surface area contributed by atoms with Crippen molar-refractivity contribution in [2.45, 2.75) is 79.2 Å². The van der Waals surface area contributed by atoms with E-state index < -0.39 is 0 Å². The van der Waals surface area contributed by atoms with Gasteiger partial charge in [-0.25, -0.2) is 4.98 Å². The molecule has 2 nitrogen and oxygen atoms in total. The van der Waals surface area contributed by atoms with Crippen LogP contribution in [0.1, 0.15) is 81.8 Å². The topological polar surface area (TPSA) is 24.9 Å². The molecule has 1 saturated carbocycles. The van der Waals surface area contributed by atoms with Crippen molar-refractivity contribution in [2.24, 2.45) is 11.3 Å². The fourth-order valence-corrected chi connectivity index (χ4v) is 4.41. The average Bonchev–Trinajstić information content (AvgIpc) is 2.81. The maximum atomic E-state index is 4.98. The Morgan fingerprint density at radius 2 is 1.95 bits per heavy atom. The summed E-state index contributed by atoms with van der Waals surface area (Å²) in [6.07, 6.45) is 6.40. The molecule has 0 radical (unpaired) electrons. The van der Waals surface area contributed by atoms with Crippen molar-refractivity contribution >= 4 is 11.3 Å². The second-order valence-corrected chi connectivity index (χ2v) is 8.85. The van der Waals surface area contributed by atoms with E-state index in [9.17, 15) is 0 Å². The lowest BCUT2D eigenvalue weighted by molar-refractivity contribution is 0.224. The Labute approximate surface area is 134 Å². The molecule has 3 heteroatoms. The number of thiazole rings is 1. The SMILES string of the molecule is CCc1nc(C2CCC(C)(C)CC2)sc1CNCC(C)C. The molecule has 0 aliphatic heterocycles. The highest BCUT2D eigenvalue weighted by Crippen LogP contribution is 2.43. The van der Waals surface area contributed by atoms with Gasteiger partial charge in [0.15, 0.2) is 0 Å². The highest BCUT2D eigenvalue weighted by atomic mass is 32.1. The number of hydrogen-bond acceptors (Lipinski definition) is 3. The van der Waals surface area contributed by atoms with Crippen LogP contribution in [0.3, 0.4) is 0 Å². The lowest BCUT2D eigenvalue weighted by Gasteiger charge is -2.33. The highest BCUT2D eigenvalue weighted by molar-refractivity contribution is 7.11. The molecule has 1 fully saturated rings. The summed E-state index contributed by atoms with van der Waals surface area (Å²) in [7, 11) is 0. The molecular weight excluding hydrogens is 276 g/mol. The minimum Gasteiger partial charge on any atom is -0.312 e. The Balaban J connectivity index is 1.99. The molecule has 0 spiro atoms. The quantitative estimate of drug-likeness (QED) is 0.787. The van der Waals surface area contributed by atoms with Gasteiger partial charge in [-0.05, 0) is 50.0 Å². The molecule has 0 bridgehead atoms. The second-order valence-electron chi connectivity index (χ2n) is 7.74. The van der Waals surface area contributed by atoms with Gasteiger partial charge < -0.3 is 5.32 Å². The molecular formula is C18H32N2S. The summed E-state index contributed by atoms with van der Waals surface area (Å²) in [6, 6.07) is 0. The van der Waals surface area contributed by atoms with E-state index in [0.717, 1.165) is 19.5 Å². The normalized spacial score (nSPS) is 19.3. The van der Waals surface area contributed by atoms with Gasteiger partial charge >= 0.3 is 0 Å². The first-order chi connectivity index (χ1) is 9.91. The largest absolute Gasteiger partial charge is 0.312 e. The highest BCUT2D eigenvalue weighted by Gasteiger charge is 2.29. The summed E-state index contributed by atoms with van der Waals surface area (Å²) in [4.78, 5) is 6.45. The molecule has 1 N–H and O–H groups in total. The maximum Gasteiger partial charge on any atom is 0.0962 e. The van der Waals surface area contributed by atoms with Crippen molar-refractivity contribution in [2.75, 3.05) is 6.54 Å². The number of nitrogens with one attached hydrogen (secondary N) is 1. The predicted octanol–water partition coefficient (Wildman–Crippen LogP) is 5.13. The summed E-state index contributed by atoms with van der Waals surface area (Å²) in [6.45, 7) is 13.7. The molecule has 1 aliphatic carbocycles.